The lowest BCUT2D eigenvalue weighted by Gasteiger charge is -2.32. The van der Waals surface area contributed by atoms with Crippen LogP contribution in [0.4, 0.5) is 0 Å². The van der Waals surface area contributed by atoms with E-state index in [1.807, 2.05) is 6.92 Å². The highest BCUT2D eigenvalue weighted by Gasteiger charge is 2.28. The number of likely N-dealkylation sites (tertiary alicyclic amines) is 1. The van der Waals surface area contributed by atoms with Crippen molar-refractivity contribution < 1.29 is 17.9 Å². The topological polar surface area (TPSA) is 67.9 Å². The van der Waals surface area contributed by atoms with Crippen LogP contribution in [0, 0.1) is 6.92 Å². The van der Waals surface area contributed by atoms with Crippen molar-refractivity contribution in [2.24, 2.45) is 0 Å². The van der Waals surface area contributed by atoms with Gasteiger partial charge in [0.15, 0.2) is 0 Å². The normalized spacial score (nSPS) is 19.2. The van der Waals surface area contributed by atoms with E-state index >= 15 is 0 Å². The number of sulfonamides is 1. The number of hydrogen-bond acceptors (Lipinski definition) is 5. The Morgan fingerprint density at radius 1 is 1.25 bits per heavy atom. The van der Waals surface area contributed by atoms with Crippen LogP contribution in [0.2, 0.25) is 0 Å². The standard InChI is InChI=1S/C17H28N2O4S/c1-5-8-19-9-6-7-14(12-19)18-24(20,21)17-11-15(22-3)13(2)10-16(17)23-4/h10-11,14,18H,5-9,12H2,1-4H3. The zero-order valence-electron chi connectivity index (χ0n) is 15.0. The summed E-state index contributed by atoms with van der Waals surface area (Å²) in [5.41, 5.74) is 0.833. The summed E-state index contributed by atoms with van der Waals surface area (Å²) in [5.74, 6) is 0.870. The number of aryl methyl sites for hydroxylation is 1. The van der Waals surface area contributed by atoms with Gasteiger partial charge in [0.25, 0.3) is 0 Å². The third-order valence-electron chi connectivity index (χ3n) is 4.34. The molecule has 7 heteroatoms. The van der Waals surface area contributed by atoms with Gasteiger partial charge in [-0.1, -0.05) is 6.92 Å². The van der Waals surface area contributed by atoms with Crippen LogP contribution in [-0.2, 0) is 10.0 Å². The lowest BCUT2D eigenvalue weighted by molar-refractivity contribution is 0.202. The fourth-order valence-electron chi connectivity index (χ4n) is 3.19. The first-order valence-corrected chi connectivity index (χ1v) is 9.87. The zero-order valence-corrected chi connectivity index (χ0v) is 15.8. The van der Waals surface area contributed by atoms with Gasteiger partial charge < -0.3 is 14.4 Å². The lowest BCUT2D eigenvalue weighted by atomic mass is 10.1. The van der Waals surface area contributed by atoms with Crippen molar-refractivity contribution in [1.82, 2.24) is 9.62 Å². The minimum Gasteiger partial charge on any atom is -0.496 e. The Hall–Kier alpha value is -1.31. The summed E-state index contributed by atoms with van der Waals surface area (Å²) in [6.07, 6.45) is 2.93. The Morgan fingerprint density at radius 2 is 1.96 bits per heavy atom. The Labute approximate surface area is 145 Å². The minimum atomic E-state index is -3.67. The highest BCUT2D eigenvalue weighted by molar-refractivity contribution is 7.89. The number of nitrogens with one attached hydrogen (secondary N) is 1. The quantitative estimate of drug-likeness (QED) is 0.811. The molecule has 2 rings (SSSR count). The van der Waals surface area contributed by atoms with Crippen molar-refractivity contribution in [3.63, 3.8) is 0 Å². The minimum absolute atomic E-state index is 0.0766. The highest BCUT2D eigenvalue weighted by atomic mass is 32.2. The molecular formula is C17H28N2O4S. The van der Waals surface area contributed by atoms with Crippen LogP contribution in [0.3, 0.4) is 0 Å². The molecule has 136 valence electrons. The second-order valence-corrected chi connectivity index (χ2v) is 7.92. The second kappa shape index (κ2) is 8.18. The van der Waals surface area contributed by atoms with Crippen molar-refractivity contribution in [3.8, 4) is 11.5 Å². The molecule has 0 aliphatic carbocycles. The Kier molecular flexibility index (Phi) is 6.48. The molecule has 0 saturated carbocycles. The Bertz CT molecular complexity index is 659. The molecule has 0 aromatic heterocycles. The second-order valence-electron chi connectivity index (χ2n) is 6.23. The summed E-state index contributed by atoms with van der Waals surface area (Å²) < 4.78 is 39.1. The molecule has 1 saturated heterocycles. The third kappa shape index (κ3) is 4.40. The average Bonchev–Trinajstić information content (AvgIpc) is 2.54. The molecule has 24 heavy (non-hydrogen) atoms. The van der Waals surface area contributed by atoms with Crippen molar-refractivity contribution in [1.29, 1.82) is 0 Å². The average molecular weight is 356 g/mol. The molecule has 1 unspecified atom stereocenters. The van der Waals surface area contributed by atoms with Crippen LogP contribution in [0.5, 0.6) is 11.5 Å². The molecule has 0 bridgehead atoms. The smallest absolute Gasteiger partial charge is 0.244 e. The summed E-state index contributed by atoms with van der Waals surface area (Å²) in [5, 5.41) is 0. The van der Waals surface area contributed by atoms with Crippen LogP contribution in [0.15, 0.2) is 17.0 Å². The highest BCUT2D eigenvalue weighted by Crippen LogP contribution is 2.31. The summed E-state index contributed by atoms with van der Waals surface area (Å²) in [4.78, 5) is 2.43. The first kappa shape index (κ1) is 19.0. The SMILES string of the molecule is CCCN1CCCC(NS(=O)(=O)c2cc(OC)c(C)cc2OC)C1. The van der Waals surface area contributed by atoms with Gasteiger partial charge in [-0.3, -0.25) is 0 Å². The maximum absolute atomic E-state index is 12.9. The van der Waals surface area contributed by atoms with E-state index in [0.717, 1.165) is 44.5 Å². The molecule has 1 heterocycles. The number of rotatable bonds is 7. The number of hydrogen-bond donors (Lipinski definition) is 1. The fourth-order valence-corrected chi connectivity index (χ4v) is 4.61. The van der Waals surface area contributed by atoms with Crippen molar-refractivity contribution in [2.75, 3.05) is 33.9 Å². The first-order valence-electron chi connectivity index (χ1n) is 8.38. The number of piperidine rings is 1. The molecular weight excluding hydrogens is 328 g/mol. The maximum Gasteiger partial charge on any atom is 0.244 e. The molecule has 6 nitrogen and oxygen atoms in total. The Morgan fingerprint density at radius 3 is 2.58 bits per heavy atom. The summed E-state index contributed by atoms with van der Waals surface area (Å²) in [6.45, 7) is 6.78. The van der Waals surface area contributed by atoms with E-state index in [-0.39, 0.29) is 10.9 Å². The van der Waals surface area contributed by atoms with Crippen LogP contribution >= 0.6 is 0 Å². The van der Waals surface area contributed by atoms with E-state index in [9.17, 15) is 8.42 Å². The van der Waals surface area contributed by atoms with Crippen LogP contribution in [0.1, 0.15) is 31.7 Å². The van der Waals surface area contributed by atoms with Gasteiger partial charge in [0.05, 0.1) is 14.2 Å². The van der Waals surface area contributed by atoms with Gasteiger partial charge in [0, 0.05) is 18.7 Å². The number of ether oxygens (including phenoxy) is 2. The number of benzene rings is 1. The van der Waals surface area contributed by atoms with E-state index in [1.165, 1.54) is 20.3 Å². The fraction of sp³-hybridized carbons (Fsp3) is 0.647. The predicted molar refractivity (Wildman–Crippen MR) is 94.4 cm³/mol. The number of nitrogens with zero attached hydrogens (tertiary/aromatic N) is 1. The van der Waals surface area contributed by atoms with Gasteiger partial charge in [0.2, 0.25) is 10.0 Å². The lowest BCUT2D eigenvalue weighted by Crippen LogP contribution is -2.47. The van der Waals surface area contributed by atoms with Crippen molar-refractivity contribution in [3.05, 3.63) is 17.7 Å². The molecule has 0 radical (unpaired) electrons. The largest absolute Gasteiger partial charge is 0.496 e. The Balaban J connectivity index is 2.23. The zero-order chi connectivity index (χ0) is 17.7. The molecule has 1 N–H and O–H groups in total. The van der Waals surface area contributed by atoms with Gasteiger partial charge in [-0.05, 0) is 50.9 Å². The molecule has 1 aliphatic rings. The van der Waals surface area contributed by atoms with E-state index in [4.69, 9.17) is 9.47 Å². The van der Waals surface area contributed by atoms with Gasteiger partial charge in [0.1, 0.15) is 16.4 Å². The van der Waals surface area contributed by atoms with Crippen LogP contribution in [0.25, 0.3) is 0 Å². The molecule has 1 aromatic carbocycles. The monoisotopic (exact) mass is 356 g/mol. The van der Waals surface area contributed by atoms with E-state index < -0.39 is 10.0 Å². The van der Waals surface area contributed by atoms with Gasteiger partial charge >= 0.3 is 0 Å². The maximum atomic E-state index is 12.9. The molecule has 1 fully saturated rings. The summed E-state index contributed by atoms with van der Waals surface area (Å²) >= 11 is 0. The van der Waals surface area contributed by atoms with Crippen LogP contribution < -0.4 is 14.2 Å². The van der Waals surface area contributed by atoms with Gasteiger partial charge in [-0.15, -0.1) is 0 Å². The van der Waals surface area contributed by atoms with Crippen LogP contribution in [-0.4, -0.2) is 53.2 Å². The molecule has 1 aliphatic heterocycles. The van der Waals surface area contributed by atoms with Crippen molar-refractivity contribution in [2.45, 2.75) is 44.0 Å². The molecule has 0 spiro atoms. The molecule has 1 aromatic rings. The van der Waals surface area contributed by atoms with Gasteiger partial charge in [-0.25, -0.2) is 13.1 Å². The predicted octanol–water partition coefficient (Wildman–Crippen LogP) is 2.16. The van der Waals surface area contributed by atoms with E-state index in [2.05, 4.69) is 16.5 Å². The number of methoxy groups -OCH3 is 2. The van der Waals surface area contributed by atoms with Crippen molar-refractivity contribution >= 4 is 10.0 Å². The molecule has 0 amide bonds. The van der Waals surface area contributed by atoms with E-state index in [0.29, 0.717) is 11.5 Å². The first-order chi connectivity index (χ1) is 11.4. The van der Waals surface area contributed by atoms with E-state index in [1.54, 1.807) is 6.07 Å². The third-order valence-corrected chi connectivity index (χ3v) is 5.88. The van der Waals surface area contributed by atoms with Gasteiger partial charge in [-0.2, -0.15) is 0 Å². The summed E-state index contributed by atoms with van der Waals surface area (Å²) in [6, 6.07) is 3.15. The molecule has 1 atom stereocenters. The summed E-state index contributed by atoms with van der Waals surface area (Å²) in [7, 11) is -0.666.